The number of benzene rings is 5. The van der Waals surface area contributed by atoms with Crippen molar-refractivity contribution in [3.05, 3.63) is 163 Å². The van der Waals surface area contributed by atoms with Gasteiger partial charge in [0.25, 0.3) is 0 Å². The molecule has 0 bridgehead atoms. The Balaban J connectivity index is 0.000000161. The van der Waals surface area contributed by atoms with E-state index in [1.807, 2.05) is 0 Å². The molecule has 0 aliphatic heterocycles. The Labute approximate surface area is 247 Å². The third-order valence-corrected chi connectivity index (χ3v) is 9.27. The van der Waals surface area contributed by atoms with Crippen LogP contribution >= 0.6 is 7.92 Å². The van der Waals surface area contributed by atoms with Crippen LogP contribution in [0.3, 0.4) is 0 Å². The first-order chi connectivity index (χ1) is 18.8. The molecule has 2 heteroatoms. The summed E-state index contributed by atoms with van der Waals surface area (Å²) >= 11 is 0. The smallest absolute Gasteiger partial charge is 0.165 e. The zero-order valence-electron chi connectivity index (χ0n) is 22.0. The quantitative estimate of drug-likeness (QED) is 0.116. The predicted molar refractivity (Wildman–Crippen MR) is 168 cm³/mol. The van der Waals surface area contributed by atoms with Crippen LogP contribution in [0.4, 0.5) is 0 Å². The van der Waals surface area contributed by atoms with Gasteiger partial charge in [0.2, 0.25) is 0 Å². The summed E-state index contributed by atoms with van der Waals surface area (Å²) < 4.78 is 0. The molecule has 0 fully saturated rings. The average Bonchev–Trinajstić information content (AvgIpc) is 3.57. The molecular weight excluding hydrogens is 523 g/mol. The van der Waals surface area contributed by atoms with Crippen molar-refractivity contribution in [2.24, 2.45) is 0 Å². The SMILES string of the molecule is Cc1cc2c(-c3ccccc3)cccc2[cH-]1.[Ti+2].c1ccc(P(c2ccccc2)c2cc3ccccc3[cH-]2)cc1. The first-order valence-corrected chi connectivity index (χ1v) is 14.4. The number of hydrogen-bond acceptors (Lipinski definition) is 0. The largest absolute Gasteiger partial charge is 2.00 e. The molecule has 186 valence electrons. The molecule has 0 atom stereocenters. The third kappa shape index (κ3) is 6.05. The Bertz CT molecular complexity index is 1690. The minimum absolute atomic E-state index is 0. The Kier molecular flexibility index (Phi) is 8.70. The summed E-state index contributed by atoms with van der Waals surface area (Å²) in [5.74, 6) is 0. The van der Waals surface area contributed by atoms with Crippen LogP contribution in [0, 0.1) is 6.92 Å². The number of aryl methyl sites for hydroxylation is 1. The van der Waals surface area contributed by atoms with E-state index >= 15 is 0 Å². The van der Waals surface area contributed by atoms with Crippen LogP contribution in [0.25, 0.3) is 32.7 Å². The first kappa shape index (κ1) is 27.0. The van der Waals surface area contributed by atoms with Crippen molar-refractivity contribution < 1.29 is 21.7 Å². The summed E-state index contributed by atoms with van der Waals surface area (Å²) in [6.07, 6.45) is 0. The van der Waals surface area contributed by atoms with E-state index in [1.165, 1.54) is 54.1 Å². The van der Waals surface area contributed by atoms with Gasteiger partial charge in [0, 0.05) is 0 Å². The Hall–Kier alpha value is -3.54. The first-order valence-electron chi connectivity index (χ1n) is 13.0. The molecular formula is C37H29PTi. The molecule has 0 saturated carbocycles. The molecule has 0 unspecified atom stereocenters. The van der Waals surface area contributed by atoms with Crippen LogP contribution in [0.2, 0.25) is 0 Å². The molecule has 39 heavy (non-hydrogen) atoms. The summed E-state index contributed by atoms with van der Waals surface area (Å²) in [4.78, 5) is 0. The standard InChI is InChI=1S/C21H16P.C16H13.Ti/c1-3-11-19(12-4-1)22(20-13-5-2-6-14-20)21-15-17-9-7-8-10-18(17)16-21;1-12-10-14-8-5-9-15(16(14)11-12)13-6-3-2-4-7-13;/h1-16H;2-11H,1H3;/q2*-1;+2. The molecule has 0 amide bonds. The molecule has 0 aliphatic carbocycles. The van der Waals surface area contributed by atoms with E-state index in [0.717, 1.165) is 0 Å². The summed E-state index contributed by atoms with van der Waals surface area (Å²) in [5, 5.41) is 9.57. The fourth-order valence-corrected chi connectivity index (χ4v) is 7.49. The topological polar surface area (TPSA) is 0 Å². The molecule has 0 spiro atoms. The van der Waals surface area contributed by atoms with Crippen molar-refractivity contribution in [2.45, 2.75) is 6.92 Å². The van der Waals surface area contributed by atoms with Gasteiger partial charge in [0.1, 0.15) is 0 Å². The molecule has 7 rings (SSSR count). The van der Waals surface area contributed by atoms with Crippen LogP contribution in [-0.2, 0) is 21.7 Å². The van der Waals surface area contributed by atoms with E-state index in [1.54, 1.807) is 0 Å². The average molecular weight is 552 g/mol. The van der Waals surface area contributed by atoms with Gasteiger partial charge in [0.15, 0.2) is 0 Å². The van der Waals surface area contributed by atoms with E-state index < -0.39 is 7.92 Å². The van der Waals surface area contributed by atoms with Gasteiger partial charge in [-0.2, -0.15) is 12.1 Å². The van der Waals surface area contributed by atoms with Gasteiger partial charge in [-0.15, -0.1) is 74.9 Å². The number of rotatable bonds is 4. The monoisotopic (exact) mass is 552 g/mol. The molecule has 0 nitrogen and oxygen atoms in total. The Morgan fingerprint density at radius 3 is 1.72 bits per heavy atom. The second-order valence-corrected chi connectivity index (χ2v) is 11.8. The van der Waals surface area contributed by atoms with Crippen molar-refractivity contribution in [3.8, 4) is 11.1 Å². The molecule has 7 aromatic carbocycles. The van der Waals surface area contributed by atoms with Crippen LogP contribution in [0.15, 0.2) is 158 Å². The van der Waals surface area contributed by atoms with Gasteiger partial charge in [-0.1, -0.05) is 116 Å². The maximum absolute atomic E-state index is 2.35. The minimum Gasteiger partial charge on any atom is -0.165 e. The molecule has 0 aromatic heterocycles. The zero-order chi connectivity index (χ0) is 25.7. The predicted octanol–water partition coefficient (Wildman–Crippen LogP) is 8.85. The van der Waals surface area contributed by atoms with E-state index in [-0.39, 0.29) is 21.7 Å². The van der Waals surface area contributed by atoms with Crippen molar-refractivity contribution in [1.29, 1.82) is 0 Å². The van der Waals surface area contributed by atoms with E-state index in [9.17, 15) is 0 Å². The van der Waals surface area contributed by atoms with Crippen molar-refractivity contribution in [1.82, 2.24) is 0 Å². The van der Waals surface area contributed by atoms with Crippen molar-refractivity contribution >= 4 is 45.4 Å². The Morgan fingerprint density at radius 2 is 1.08 bits per heavy atom. The summed E-state index contributed by atoms with van der Waals surface area (Å²) in [7, 11) is -0.493. The van der Waals surface area contributed by atoms with Gasteiger partial charge in [-0.3, -0.25) is 0 Å². The molecule has 0 saturated heterocycles. The van der Waals surface area contributed by atoms with Gasteiger partial charge in [-0.25, -0.2) is 0 Å². The fraction of sp³-hybridized carbons (Fsp3) is 0.0270. The van der Waals surface area contributed by atoms with Gasteiger partial charge in [-0.05, 0) is 24.1 Å². The second-order valence-electron chi connectivity index (χ2n) is 9.56. The second kappa shape index (κ2) is 12.5. The normalized spacial score (nSPS) is 10.7. The van der Waals surface area contributed by atoms with Crippen LogP contribution in [0.5, 0.6) is 0 Å². The maximum atomic E-state index is 2.35. The fourth-order valence-electron chi connectivity index (χ4n) is 5.12. The van der Waals surface area contributed by atoms with Gasteiger partial charge in [0.05, 0.1) is 0 Å². The van der Waals surface area contributed by atoms with Crippen molar-refractivity contribution in [3.63, 3.8) is 0 Å². The molecule has 0 aliphatic rings. The van der Waals surface area contributed by atoms with E-state index in [0.29, 0.717) is 0 Å². The molecule has 7 aromatic rings. The maximum Gasteiger partial charge on any atom is 2.00 e. The van der Waals surface area contributed by atoms with Gasteiger partial charge >= 0.3 is 21.7 Å². The summed E-state index contributed by atoms with van der Waals surface area (Å²) in [6.45, 7) is 2.15. The number of hydrogen-bond donors (Lipinski definition) is 0. The van der Waals surface area contributed by atoms with Crippen LogP contribution in [-0.4, -0.2) is 0 Å². The van der Waals surface area contributed by atoms with E-state index in [2.05, 4.69) is 165 Å². The molecule has 0 heterocycles. The summed E-state index contributed by atoms with van der Waals surface area (Å²) in [5.41, 5.74) is 3.95. The van der Waals surface area contributed by atoms with Crippen LogP contribution in [0.1, 0.15) is 5.56 Å². The van der Waals surface area contributed by atoms with Crippen molar-refractivity contribution in [2.75, 3.05) is 0 Å². The molecule has 0 radical (unpaired) electrons. The van der Waals surface area contributed by atoms with Gasteiger partial charge < -0.3 is 0 Å². The third-order valence-electron chi connectivity index (χ3n) is 6.87. The summed E-state index contributed by atoms with van der Waals surface area (Å²) in [6, 6.07) is 56.6. The Morgan fingerprint density at radius 1 is 0.513 bits per heavy atom. The zero-order valence-corrected chi connectivity index (χ0v) is 24.4. The van der Waals surface area contributed by atoms with Crippen LogP contribution < -0.4 is 15.9 Å². The minimum atomic E-state index is -0.493. The molecule has 0 N–H and O–H groups in total. The van der Waals surface area contributed by atoms with E-state index in [4.69, 9.17) is 0 Å². The number of fused-ring (bicyclic) bond motifs is 2.